The van der Waals surface area contributed by atoms with E-state index in [0.29, 0.717) is 11.6 Å². The second kappa shape index (κ2) is 7.09. The van der Waals surface area contributed by atoms with Crippen LogP contribution < -0.4 is 0 Å². The quantitative estimate of drug-likeness (QED) is 0.497. The molecule has 26 heavy (non-hydrogen) atoms. The summed E-state index contributed by atoms with van der Waals surface area (Å²) in [5.74, 6) is 1.52. The van der Waals surface area contributed by atoms with Crippen molar-refractivity contribution in [2.75, 3.05) is 0 Å². The maximum absolute atomic E-state index is 13.0. The predicted molar refractivity (Wildman–Crippen MR) is 95.7 cm³/mol. The Bertz CT molecular complexity index is 1010. The lowest BCUT2D eigenvalue weighted by atomic mass is 10.2. The second-order valence-electron chi connectivity index (χ2n) is 5.55. The molecule has 0 fully saturated rings. The molecule has 8 heteroatoms. The van der Waals surface area contributed by atoms with Crippen LogP contribution in [0.4, 0.5) is 4.39 Å². The molecule has 0 unspecified atom stereocenters. The van der Waals surface area contributed by atoms with E-state index in [1.54, 1.807) is 30.8 Å². The molecule has 0 bridgehead atoms. The molecule has 1 aromatic carbocycles. The minimum atomic E-state index is -0.289. The van der Waals surface area contributed by atoms with Gasteiger partial charge in [-0.05, 0) is 36.4 Å². The summed E-state index contributed by atoms with van der Waals surface area (Å²) >= 11 is 1.51. The second-order valence-corrected chi connectivity index (χ2v) is 6.49. The number of hydrogen-bond acceptors (Lipinski definition) is 6. The van der Waals surface area contributed by atoms with Gasteiger partial charge in [-0.1, -0.05) is 11.8 Å². The van der Waals surface area contributed by atoms with E-state index in [1.165, 1.54) is 23.9 Å². The number of pyridine rings is 1. The summed E-state index contributed by atoms with van der Waals surface area (Å²) in [6.45, 7) is 0. The van der Waals surface area contributed by atoms with Gasteiger partial charge < -0.3 is 8.98 Å². The molecule has 0 aliphatic carbocycles. The number of hydrogen-bond donors (Lipinski definition) is 0. The van der Waals surface area contributed by atoms with Gasteiger partial charge in [-0.3, -0.25) is 4.98 Å². The summed E-state index contributed by atoms with van der Waals surface area (Å²) in [5.41, 5.74) is 2.43. The Hall–Kier alpha value is -3.00. The number of thioether (sulfide) groups is 1. The fourth-order valence-corrected chi connectivity index (χ4v) is 3.21. The Balaban J connectivity index is 1.47. The Morgan fingerprint density at radius 3 is 2.73 bits per heavy atom. The monoisotopic (exact) mass is 367 g/mol. The first-order valence-electron chi connectivity index (χ1n) is 7.83. The van der Waals surface area contributed by atoms with Crippen molar-refractivity contribution in [3.05, 3.63) is 66.6 Å². The third-order valence-electron chi connectivity index (χ3n) is 3.75. The maximum atomic E-state index is 13.0. The summed E-state index contributed by atoms with van der Waals surface area (Å²) in [4.78, 5) is 8.55. The molecular weight excluding hydrogens is 353 g/mol. The van der Waals surface area contributed by atoms with Gasteiger partial charge in [0, 0.05) is 36.3 Å². The molecule has 6 nitrogen and oxygen atoms in total. The van der Waals surface area contributed by atoms with Gasteiger partial charge in [0.1, 0.15) is 12.1 Å². The zero-order valence-corrected chi connectivity index (χ0v) is 14.7. The number of nitrogens with zero attached hydrogens (tertiary/aromatic N) is 5. The van der Waals surface area contributed by atoms with Crippen molar-refractivity contribution < 1.29 is 8.81 Å². The van der Waals surface area contributed by atoms with Crippen molar-refractivity contribution in [2.45, 2.75) is 10.9 Å². The highest BCUT2D eigenvalue weighted by Crippen LogP contribution is 2.26. The van der Waals surface area contributed by atoms with Crippen LogP contribution in [0.3, 0.4) is 0 Å². The zero-order valence-electron chi connectivity index (χ0n) is 13.8. The molecule has 3 aromatic heterocycles. The first kappa shape index (κ1) is 16.5. The van der Waals surface area contributed by atoms with Crippen LogP contribution in [0.1, 0.15) is 5.69 Å². The third kappa shape index (κ3) is 3.36. The topological polar surface area (TPSA) is 69.6 Å². The molecule has 4 aromatic rings. The van der Waals surface area contributed by atoms with E-state index >= 15 is 0 Å². The largest absolute Gasteiger partial charge is 0.444 e. The van der Waals surface area contributed by atoms with Crippen LogP contribution in [-0.4, -0.2) is 24.7 Å². The Morgan fingerprint density at radius 2 is 1.96 bits per heavy atom. The summed E-state index contributed by atoms with van der Waals surface area (Å²) in [7, 11) is 1.91. The first-order chi connectivity index (χ1) is 12.7. The molecule has 0 atom stereocenters. The van der Waals surface area contributed by atoms with E-state index in [1.807, 2.05) is 23.7 Å². The van der Waals surface area contributed by atoms with Gasteiger partial charge >= 0.3 is 0 Å². The minimum absolute atomic E-state index is 0.289. The number of oxazole rings is 1. The zero-order chi connectivity index (χ0) is 17.9. The lowest BCUT2D eigenvalue weighted by Crippen LogP contribution is -1.95. The van der Waals surface area contributed by atoms with Gasteiger partial charge in [0.2, 0.25) is 5.89 Å². The average Bonchev–Trinajstić information content (AvgIpc) is 3.28. The molecule has 0 amide bonds. The van der Waals surface area contributed by atoms with Crippen LogP contribution >= 0.6 is 11.8 Å². The van der Waals surface area contributed by atoms with Crippen LogP contribution in [-0.2, 0) is 12.8 Å². The van der Waals surface area contributed by atoms with E-state index < -0.39 is 0 Å². The minimum Gasteiger partial charge on any atom is -0.444 e. The van der Waals surface area contributed by atoms with Crippen LogP contribution in [0.5, 0.6) is 0 Å². The Morgan fingerprint density at radius 1 is 1.12 bits per heavy atom. The smallest absolute Gasteiger partial charge is 0.226 e. The number of aromatic nitrogens is 5. The van der Waals surface area contributed by atoms with Crippen molar-refractivity contribution in [2.24, 2.45) is 7.05 Å². The maximum Gasteiger partial charge on any atom is 0.226 e. The highest BCUT2D eigenvalue weighted by Gasteiger charge is 2.13. The molecule has 3 heterocycles. The van der Waals surface area contributed by atoms with Crippen molar-refractivity contribution in [3.8, 4) is 22.8 Å². The van der Waals surface area contributed by atoms with E-state index in [9.17, 15) is 4.39 Å². The molecule has 0 saturated heterocycles. The molecule has 0 aliphatic rings. The van der Waals surface area contributed by atoms with Crippen LogP contribution in [0.25, 0.3) is 22.8 Å². The molecule has 0 radical (unpaired) electrons. The number of halogens is 1. The van der Waals surface area contributed by atoms with Crippen molar-refractivity contribution in [1.29, 1.82) is 0 Å². The average molecular weight is 367 g/mol. The Labute approximate surface area is 153 Å². The molecular formula is C18H14FN5OS. The third-order valence-corrected chi connectivity index (χ3v) is 4.80. The highest BCUT2D eigenvalue weighted by molar-refractivity contribution is 7.98. The van der Waals surface area contributed by atoms with E-state index in [-0.39, 0.29) is 5.82 Å². The normalized spacial score (nSPS) is 11.0. The van der Waals surface area contributed by atoms with Crippen LogP contribution in [0.2, 0.25) is 0 Å². The lowest BCUT2D eigenvalue weighted by Gasteiger charge is -2.02. The predicted octanol–water partition coefficient (Wildman–Crippen LogP) is 3.96. The van der Waals surface area contributed by atoms with E-state index in [0.717, 1.165) is 27.8 Å². The number of rotatable bonds is 5. The molecule has 0 spiro atoms. The fourth-order valence-electron chi connectivity index (χ4n) is 2.42. The van der Waals surface area contributed by atoms with Crippen molar-refractivity contribution in [1.82, 2.24) is 24.7 Å². The number of benzene rings is 1. The molecule has 0 aliphatic heterocycles. The van der Waals surface area contributed by atoms with Crippen molar-refractivity contribution >= 4 is 11.8 Å². The lowest BCUT2D eigenvalue weighted by molar-refractivity contribution is 0.572. The van der Waals surface area contributed by atoms with E-state index in [4.69, 9.17) is 4.42 Å². The summed E-state index contributed by atoms with van der Waals surface area (Å²) in [6, 6.07) is 9.85. The Kier molecular flexibility index (Phi) is 4.49. The molecule has 0 N–H and O–H groups in total. The van der Waals surface area contributed by atoms with Gasteiger partial charge in [0.25, 0.3) is 0 Å². The fraction of sp³-hybridized carbons (Fsp3) is 0.111. The first-order valence-corrected chi connectivity index (χ1v) is 8.82. The van der Waals surface area contributed by atoms with Crippen LogP contribution in [0.15, 0.2) is 64.6 Å². The van der Waals surface area contributed by atoms with Gasteiger partial charge in [-0.2, -0.15) is 0 Å². The van der Waals surface area contributed by atoms with Crippen molar-refractivity contribution in [3.63, 3.8) is 0 Å². The van der Waals surface area contributed by atoms with E-state index in [2.05, 4.69) is 20.2 Å². The summed E-state index contributed by atoms with van der Waals surface area (Å²) in [6.07, 6.45) is 5.08. The van der Waals surface area contributed by atoms with Crippen LogP contribution in [0, 0.1) is 5.82 Å². The SMILES string of the molecule is Cn1c(SCc2coc(-c3ccc(F)cc3)n2)nnc1-c1cccnc1. The van der Waals surface area contributed by atoms with Gasteiger partial charge in [-0.25, -0.2) is 9.37 Å². The van der Waals surface area contributed by atoms with Gasteiger partial charge in [-0.15, -0.1) is 10.2 Å². The molecule has 130 valence electrons. The standard InChI is InChI=1S/C18H14FN5OS/c1-24-16(13-3-2-8-20-9-13)22-23-18(24)26-11-15-10-25-17(21-15)12-4-6-14(19)7-5-12/h2-10H,11H2,1H3. The molecule has 4 rings (SSSR count). The molecule has 0 saturated carbocycles. The van der Waals surface area contributed by atoms with Gasteiger partial charge in [0.15, 0.2) is 11.0 Å². The summed E-state index contributed by atoms with van der Waals surface area (Å²) < 4.78 is 20.4. The highest BCUT2D eigenvalue weighted by atomic mass is 32.2. The summed E-state index contributed by atoms with van der Waals surface area (Å²) in [5, 5.41) is 9.24. The van der Waals surface area contributed by atoms with Gasteiger partial charge in [0.05, 0.1) is 5.69 Å².